The molecule has 0 aliphatic carbocycles. The van der Waals surface area contributed by atoms with Gasteiger partial charge >= 0.3 is 0 Å². The Labute approximate surface area is 248 Å². The zero-order valence-corrected chi connectivity index (χ0v) is 25.2. The molecule has 42 heavy (non-hydrogen) atoms. The molecule has 222 valence electrons. The van der Waals surface area contributed by atoms with Crippen LogP contribution < -0.4 is 4.90 Å². The van der Waals surface area contributed by atoms with Crippen LogP contribution in [0.15, 0.2) is 88.8 Å². The molecule has 0 saturated carbocycles. The van der Waals surface area contributed by atoms with Gasteiger partial charge < -0.3 is 20.0 Å². The first-order valence-electron chi connectivity index (χ1n) is 14.1. The van der Waals surface area contributed by atoms with Crippen molar-refractivity contribution in [1.82, 2.24) is 0 Å². The predicted octanol–water partition coefficient (Wildman–Crippen LogP) is 8.05. The second-order valence-corrected chi connectivity index (χ2v) is 11.3. The van der Waals surface area contributed by atoms with E-state index >= 15 is 0 Å². The van der Waals surface area contributed by atoms with Gasteiger partial charge in [0.1, 0.15) is 11.7 Å². The molecule has 0 fully saturated rings. The van der Waals surface area contributed by atoms with E-state index < -0.39 is 11.0 Å². The highest BCUT2D eigenvalue weighted by molar-refractivity contribution is 6.03. The van der Waals surface area contributed by atoms with Gasteiger partial charge in [0.25, 0.3) is 0 Å². The maximum Gasteiger partial charge on any atom is 0.165 e. The SMILES string of the molecule is C=C(O)CCCCC(=Nc1cc(C2=NOC(C)(C(/C=C\C(C)(C)C#N)=C/C)C2)ccc1CO)N(C)c1ccc(F)cc1. The van der Waals surface area contributed by atoms with Crippen molar-refractivity contribution in [2.45, 2.75) is 72.0 Å². The molecule has 2 N–H and O–H groups in total. The third-order valence-electron chi connectivity index (χ3n) is 7.31. The second-order valence-electron chi connectivity index (χ2n) is 11.3. The van der Waals surface area contributed by atoms with Crippen LogP contribution in [-0.4, -0.2) is 34.4 Å². The largest absolute Gasteiger partial charge is 0.513 e. The summed E-state index contributed by atoms with van der Waals surface area (Å²) in [6.45, 7) is 11.0. The minimum absolute atomic E-state index is 0.146. The van der Waals surface area contributed by atoms with E-state index in [2.05, 4.69) is 17.8 Å². The number of unbranched alkanes of at least 4 members (excludes halogenated alkanes) is 1. The lowest BCUT2D eigenvalue weighted by molar-refractivity contribution is 0.0292. The molecule has 0 amide bonds. The van der Waals surface area contributed by atoms with Crippen molar-refractivity contribution in [1.29, 1.82) is 5.26 Å². The summed E-state index contributed by atoms with van der Waals surface area (Å²) in [6.07, 6.45) is 8.85. The van der Waals surface area contributed by atoms with Crippen molar-refractivity contribution in [2.75, 3.05) is 11.9 Å². The number of amidine groups is 1. The Balaban J connectivity index is 1.93. The summed E-state index contributed by atoms with van der Waals surface area (Å²) in [7, 11) is 1.87. The zero-order valence-electron chi connectivity index (χ0n) is 25.2. The molecule has 2 aromatic carbocycles. The molecule has 2 aromatic rings. The Hall–Kier alpha value is -4.22. The molecule has 8 heteroatoms. The highest BCUT2D eigenvalue weighted by atomic mass is 19.1. The lowest BCUT2D eigenvalue weighted by atomic mass is 9.86. The fourth-order valence-corrected chi connectivity index (χ4v) is 4.61. The predicted molar refractivity (Wildman–Crippen MR) is 167 cm³/mol. The monoisotopic (exact) mass is 572 g/mol. The van der Waals surface area contributed by atoms with Crippen molar-refractivity contribution in [3.8, 4) is 6.07 Å². The van der Waals surface area contributed by atoms with Crippen molar-refractivity contribution in [2.24, 2.45) is 15.6 Å². The molecule has 1 unspecified atom stereocenters. The van der Waals surface area contributed by atoms with Gasteiger partial charge in [0.15, 0.2) is 5.60 Å². The van der Waals surface area contributed by atoms with Crippen LogP contribution in [0, 0.1) is 22.6 Å². The number of nitriles is 1. The third-order valence-corrected chi connectivity index (χ3v) is 7.31. The van der Waals surface area contributed by atoms with Gasteiger partial charge in [0.05, 0.1) is 35.2 Å². The van der Waals surface area contributed by atoms with E-state index in [0.717, 1.165) is 41.2 Å². The van der Waals surface area contributed by atoms with Gasteiger partial charge in [-0.05, 0) is 76.4 Å². The van der Waals surface area contributed by atoms with Gasteiger partial charge in [-0.3, -0.25) is 0 Å². The van der Waals surface area contributed by atoms with Gasteiger partial charge in [-0.25, -0.2) is 9.38 Å². The average Bonchev–Trinajstić information content (AvgIpc) is 3.37. The Morgan fingerprint density at radius 3 is 2.55 bits per heavy atom. The molecule has 3 rings (SSSR count). The van der Waals surface area contributed by atoms with E-state index in [9.17, 15) is 19.9 Å². The highest BCUT2D eigenvalue weighted by Crippen LogP contribution is 2.36. The third kappa shape index (κ3) is 8.40. The number of anilines is 1. The standard InChI is InChI=1S/C34H41FN4O3/c1-7-27(18-19-33(3,4)23-36)34(5)21-31(38-42-34)25-12-13-26(22-40)30(20-25)37-32(11-9-8-10-24(2)41)39(6)29-16-14-28(35)15-17-29/h7,12-20,40-41H,2,8-11,21-22H2,1,3-6H3/b19-18-,27-7+,37-32?. The zero-order chi connectivity index (χ0) is 30.9. The number of hydrogen-bond acceptors (Lipinski definition) is 6. The Morgan fingerprint density at radius 1 is 1.24 bits per heavy atom. The van der Waals surface area contributed by atoms with E-state index in [1.165, 1.54) is 12.1 Å². The van der Waals surface area contributed by atoms with Crippen LogP contribution in [0.2, 0.25) is 0 Å². The fraction of sp³-hybridized carbons (Fsp3) is 0.382. The fourth-order valence-electron chi connectivity index (χ4n) is 4.61. The number of halogens is 1. The summed E-state index contributed by atoms with van der Waals surface area (Å²) in [6, 6.07) is 14.1. The van der Waals surface area contributed by atoms with Crippen LogP contribution in [-0.2, 0) is 11.4 Å². The Bertz CT molecular complexity index is 1430. The number of aliphatic imine (C=N–C) groups is 1. The number of rotatable bonds is 12. The second kappa shape index (κ2) is 14.1. The molecule has 0 saturated heterocycles. The van der Waals surface area contributed by atoms with Crippen molar-refractivity contribution in [3.63, 3.8) is 0 Å². The molecule has 0 spiro atoms. The number of hydrogen-bond donors (Lipinski definition) is 2. The van der Waals surface area contributed by atoms with Crippen molar-refractivity contribution < 1.29 is 19.4 Å². The van der Waals surface area contributed by atoms with Crippen LogP contribution in [0.3, 0.4) is 0 Å². The Morgan fingerprint density at radius 2 is 1.93 bits per heavy atom. The quantitative estimate of drug-likeness (QED) is 0.0881. The molecular weight excluding hydrogens is 531 g/mol. The molecule has 0 aromatic heterocycles. The van der Waals surface area contributed by atoms with Crippen molar-refractivity contribution in [3.05, 3.63) is 95.5 Å². The van der Waals surface area contributed by atoms with E-state index in [-0.39, 0.29) is 18.2 Å². The first-order valence-corrected chi connectivity index (χ1v) is 14.1. The van der Waals surface area contributed by atoms with E-state index in [4.69, 9.17) is 9.83 Å². The topological polar surface area (TPSA) is 101 Å². The minimum atomic E-state index is -0.699. The summed E-state index contributed by atoms with van der Waals surface area (Å²) >= 11 is 0. The van der Waals surface area contributed by atoms with Gasteiger partial charge in [0, 0.05) is 43.1 Å². The summed E-state index contributed by atoms with van der Waals surface area (Å²) < 4.78 is 13.6. The average molecular weight is 573 g/mol. The van der Waals surface area contributed by atoms with Crippen LogP contribution in [0.5, 0.6) is 0 Å². The smallest absolute Gasteiger partial charge is 0.165 e. The number of aliphatic hydroxyl groups is 2. The van der Waals surface area contributed by atoms with Crippen LogP contribution >= 0.6 is 0 Å². The van der Waals surface area contributed by atoms with E-state index in [0.29, 0.717) is 30.5 Å². The van der Waals surface area contributed by atoms with Gasteiger partial charge in [-0.1, -0.05) is 42.1 Å². The first-order chi connectivity index (χ1) is 19.9. The summed E-state index contributed by atoms with van der Waals surface area (Å²) in [5, 5.41) is 33.4. The van der Waals surface area contributed by atoms with Gasteiger partial charge in [0.2, 0.25) is 0 Å². The molecule has 1 aliphatic heterocycles. The highest BCUT2D eigenvalue weighted by Gasteiger charge is 2.37. The lowest BCUT2D eigenvalue weighted by Crippen LogP contribution is -2.27. The summed E-state index contributed by atoms with van der Waals surface area (Å²) in [5.41, 5.74) is 3.23. The summed E-state index contributed by atoms with van der Waals surface area (Å²) in [4.78, 5) is 12.9. The number of allylic oxidation sites excluding steroid dienone is 3. The first kappa shape index (κ1) is 32.3. The minimum Gasteiger partial charge on any atom is -0.513 e. The molecule has 0 radical (unpaired) electrons. The van der Waals surface area contributed by atoms with Crippen LogP contribution in [0.1, 0.15) is 70.9 Å². The molecule has 1 atom stereocenters. The van der Waals surface area contributed by atoms with E-state index in [1.807, 2.05) is 76.1 Å². The molecule has 0 bridgehead atoms. The number of aliphatic hydroxyl groups excluding tert-OH is 2. The van der Waals surface area contributed by atoms with E-state index in [1.54, 1.807) is 12.1 Å². The van der Waals surface area contributed by atoms with Gasteiger partial charge in [-0.15, -0.1) is 0 Å². The van der Waals surface area contributed by atoms with Gasteiger partial charge in [-0.2, -0.15) is 5.26 Å². The number of nitrogens with zero attached hydrogens (tertiary/aromatic N) is 4. The maximum absolute atomic E-state index is 13.6. The number of oxime groups is 1. The molecular formula is C34H41FN4O3. The van der Waals surface area contributed by atoms with Crippen LogP contribution in [0.4, 0.5) is 15.8 Å². The molecule has 7 nitrogen and oxygen atoms in total. The lowest BCUT2D eigenvalue weighted by Gasteiger charge is -2.24. The van der Waals surface area contributed by atoms with Crippen molar-refractivity contribution >= 4 is 22.9 Å². The van der Waals surface area contributed by atoms with Crippen LogP contribution in [0.25, 0.3) is 0 Å². The molecule has 1 heterocycles. The number of benzene rings is 2. The normalized spacial score (nSPS) is 17.6. The maximum atomic E-state index is 13.6. The molecule has 1 aliphatic rings. The Kier molecular flexibility index (Phi) is 10.8. The summed E-state index contributed by atoms with van der Waals surface area (Å²) in [5.74, 6) is 0.555.